The van der Waals surface area contributed by atoms with Gasteiger partial charge in [-0.05, 0) is 12.8 Å². The van der Waals surface area contributed by atoms with E-state index in [-0.39, 0.29) is 5.91 Å². The number of rotatable bonds is 1. The van der Waals surface area contributed by atoms with Crippen molar-refractivity contribution in [2.75, 3.05) is 18.8 Å². The average Bonchev–Trinajstić information content (AvgIpc) is 2.65. The molecule has 1 saturated heterocycles. The molecule has 0 spiro atoms. The van der Waals surface area contributed by atoms with Gasteiger partial charge in [-0.15, -0.1) is 0 Å². The average molecular weight is 208 g/mol. The molecule has 1 aromatic heterocycles. The second-order valence-corrected chi connectivity index (χ2v) is 4.00. The zero-order valence-electron chi connectivity index (χ0n) is 8.86. The number of nitrogens with two attached hydrogens (primary N) is 1. The number of likely N-dealkylation sites (tertiary alicyclic amines) is 1. The normalized spacial score (nSPS) is 18.1. The summed E-state index contributed by atoms with van der Waals surface area (Å²) in [6.07, 6.45) is 3.77. The third kappa shape index (κ3) is 2.11. The zero-order valence-corrected chi connectivity index (χ0v) is 8.86. The molecule has 2 heterocycles. The minimum atomic E-state index is 0.164. The van der Waals surface area contributed by atoms with Crippen LogP contribution in [0.5, 0.6) is 0 Å². The van der Waals surface area contributed by atoms with Crippen molar-refractivity contribution < 1.29 is 4.79 Å². The first-order chi connectivity index (χ1) is 7.16. The maximum atomic E-state index is 11.1. The molecule has 1 aliphatic heterocycles. The molecular weight excluding hydrogens is 192 g/mol. The second-order valence-electron chi connectivity index (χ2n) is 4.00. The van der Waals surface area contributed by atoms with Gasteiger partial charge in [-0.25, -0.2) is 4.98 Å². The van der Waals surface area contributed by atoms with E-state index >= 15 is 0 Å². The molecule has 1 aromatic rings. The fraction of sp³-hybridized carbons (Fsp3) is 0.600. The number of anilines is 1. The van der Waals surface area contributed by atoms with Gasteiger partial charge in [0.05, 0.1) is 6.20 Å². The van der Waals surface area contributed by atoms with Crippen LogP contribution < -0.4 is 5.73 Å². The van der Waals surface area contributed by atoms with Gasteiger partial charge in [-0.2, -0.15) is 0 Å². The number of carbonyl (C=O) groups is 1. The predicted octanol–water partition coefficient (Wildman–Crippen LogP) is 0.718. The summed E-state index contributed by atoms with van der Waals surface area (Å²) in [4.78, 5) is 20.1. The smallest absolute Gasteiger partial charge is 0.219 e. The van der Waals surface area contributed by atoms with Crippen molar-refractivity contribution >= 4 is 11.9 Å². The van der Waals surface area contributed by atoms with Crippen LogP contribution in [0.1, 0.15) is 31.4 Å². The molecule has 1 aliphatic rings. The number of aromatic amines is 1. The first-order valence-electron chi connectivity index (χ1n) is 5.22. The summed E-state index contributed by atoms with van der Waals surface area (Å²) in [6, 6.07) is 0. The van der Waals surface area contributed by atoms with Crippen LogP contribution in [0, 0.1) is 0 Å². The molecular formula is C10H16N4O. The van der Waals surface area contributed by atoms with E-state index in [0.717, 1.165) is 31.6 Å². The molecule has 0 radical (unpaired) electrons. The number of carbonyl (C=O) groups excluding carboxylic acids is 1. The summed E-state index contributed by atoms with van der Waals surface area (Å²) in [5.74, 6) is 1.10. The zero-order chi connectivity index (χ0) is 10.8. The molecule has 0 aromatic carbocycles. The summed E-state index contributed by atoms with van der Waals surface area (Å²) in [7, 11) is 0. The Morgan fingerprint density at radius 2 is 2.27 bits per heavy atom. The van der Waals surface area contributed by atoms with Crippen LogP contribution in [0.4, 0.5) is 5.95 Å². The Morgan fingerprint density at radius 3 is 2.73 bits per heavy atom. The van der Waals surface area contributed by atoms with E-state index in [4.69, 9.17) is 5.73 Å². The lowest BCUT2D eigenvalue weighted by Crippen LogP contribution is -2.36. The minimum absolute atomic E-state index is 0.164. The highest BCUT2D eigenvalue weighted by atomic mass is 16.2. The van der Waals surface area contributed by atoms with Crippen LogP contribution in [0.15, 0.2) is 6.20 Å². The molecule has 3 N–H and O–H groups in total. The summed E-state index contributed by atoms with van der Waals surface area (Å²) >= 11 is 0. The standard InChI is InChI=1S/C10H16N4O/c1-7(15)14-4-2-8(3-5-14)9-6-12-10(11)13-9/h6,8H,2-5H2,1H3,(H3,11,12,13). The van der Waals surface area contributed by atoms with Crippen molar-refractivity contribution in [1.82, 2.24) is 14.9 Å². The molecule has 0 aliphatic carbocycles. The Morgan fingerprint density at radius 1 is 1.60 bits per heavy atom. The van der Waals surface area contributed by atoms with Crippen molar-refractivity contribution in [3.63, 3.8) is 0 Å². The highest BCUT2D eigenvalue weighted by Crippen LogP contribution is 2.26. The van der Waals surface area contributed by atoms with Gasteiger partial charge < -0.3 is 15.6 Å². The number of aromatic nitrogens is 2. The topological polar surface area (TPSA) is 75.0 Å². The van der Waals surface area contributed by atoms with Crippen molar-refractivity contribution in [3.05, 3.63) is 11.9 Å². The quantitative estimate of drug-likeness (QED) is 0.714. The van der Waals surface area contributed by atoms with E-state index in [2.05, 4.69) is 9.97 Å². The summed E-state index contributed by atoms with van der Waals surface area (Å²) < 4.78 is 0. The molecule has 5 nitrogen and oxygen atoms in total. The van der Waals surface area contributed by atoms with Gasteiger partial charge in [0, 0.05) is 31.6 Å². The largest absolute Gasteiger partial charge is 0.369 e. The van der Waals surface area contributed by atoms with Gasteiger partial charge in [0.25, 0.3) is 0 Å². The SMILES string of the molecule is CC(=O)N1CCC(c2cnc(N)[nH]2)CC1. The number of nitrogens with one attached hydrogen (secondary N) is 1. The number of amides is 1. The molecule has 0 bridgehead atoms. The third-order valence-electron chi connectivity index (χ3n) is 3.00. The van der Waals surface area contributed by atoms with Gasteiger partial charge >= 0.3 is 0 Å². The molecule has 1 fully saturated rings. The van der Waals surface area contributed by atoms with Gasteiger partial charge in [-0.3, -0.25) is 4.79 Å². The molecule has 5 heteroatoms. The van der Waals surface area contributed by atoms with Crippen LogP contribution >= 0.6 is 0 Å². The van der Waals surface area contributed by atoms with E-state index in [1.165, 1.54) is 0 Å². The van der Waals surface area contributed by atoms with E-state index in [0.29, 0.717) is 11.9 Å². The number of imidazole rings is 1. The number of piperidine rings is 1. The number of hydrogen-bond donors (Lipinski definition) is 2. The summed E-state index contributed by atoms with van der Waals surface area (Å²) in [5.41, 5.74) is 6.62. The Bertz CT molecular complexity index is 352. The Kier molecular flexibility index (Phi) is 2.62. The number of H-pyrrole nitrogens is 1. The Labute approximate surface area is 88.7 Å². The second kappa shape index (κ2) is 3.92. The van der Waals surface area contributed by atoms with E-state index in [1.54, 1.807) is 13.1 Å². The summed E-state index contributed by atoms with van der Waals surface area (Å²) in [5, 5.41) is 0. The fourth-order valence-corrected chi connectivity index (χ4v) is 2.06. The maximum absolute atomic E-state index is 11.1. The molecule has 15 heavy (non-hydrogen) atoms. The minimum Gasteiger partial charge on any atom is -0.369 e. The molecule has 1 amide bonds. The maximum Gasteiger partial charge on any atom is 0.219 e. The molecule has 2 rings (SSSR count). The third-order valence-corrected chi connectivity index (χ3v) is 3.00. The first kappa shape index (κ1) is 10.0. The van der Waals surface area contributed by atoms with Crippen molar-refractivity contribution in [2.24, 2.45) is 0 Å². The number of nitrogens with zero attached hydrogens (tertiary/aromatic N) is 2. The molecule has 0 atom stereocenters. The predicted molar refractivity (Wildman–Crippen MR) is 57.2 cm³/mol. The Balaban J connectivity index is 1.96. The van der Waals surface area contributed by atoms with E-state index in [1.807, 2.05) is 4.90 Å². The molecule has 0 saturated carbocycles. The fourth-order valence-electron chi connectivity index (χ4n) is 2.06. The van der Waals surface area contributed by atoms with Gasteiger partial charge in [0.1, 0.15) is 0 Å². The van der Waals surface area contributed by atoms with Gasteiger partial charge in [-0.1, -0.05) is 0 Å². The van der Waals surface area contributed by atoms with Crippen molar-refractivity contribution in [3.8, 4) is 0 Å². The monoisotopic (exact) mass is 208 g/mol. The number of hydrogen-bond acceptors (Lipinski definition) is 3. The van der Waals surface area contributed by atoms with Crippen LogP contribution in [-0.4, -0.2) is 33.9 Å². The summed E-state index contributed by atoms with van der Waals surface area (Å²) in [6.45, 7) is 3.28. The lowest BCUT2D eigenvalue weighted by atomic mass is 9.94. The lowest BCUT2D eigenvalue weighted by Gasteiger charge is -2.30. The van der Waals surface area contributed by atoms with E-state index in [9.17, 15) is 4.79 Å². The number of nitrogen functional groups attached to an aromatic ring is 1. The van der Waals surface area contributed by atoms with Gasteiger partial charge in [0.2, 0.25) is 5.91 Å². The lowest BCUT2D eigenvalue weighted by molar-refractivity contribution is -0.129. The van der Waals surface area contributed by atoms with Crippen LogP contribution in [-0.2, 0) is 4.79 Å². The van der Waals surface area contributed by atoms with Crippen molar-refractivity contribution in [2.45, 2.75) is 25.7 Å². The molecule has 0 unspecified atom stereocenters. The van der Waals surface area contributed by atoms with E-state index < -0.39 is 0 Å². The molecule has 82 valence electrons. The van der Waals surface area contributed by atoms with Crippen LogP contribution in [0.3, 0.4) is 0 Å². The van der Waals surface area contributed by atoms with Crippen LogP contribution in [0.2, 0.25) is 0 Å². The first-order valence-corrected chi connectivity index (χ1v) is 5.22. The Hall–Kier alpha value is -1.52. The van der Waals surface area contributed by atoms with Crippen molar-refractivity contribution in [1.29, 1.82) is 0 Å². The highest BCUT2D eigenvalue weighted by Gasteiger charge is 2.22. The highest BCUT2D eigenvalue weighted by molar-refractivity contribution is 5.73. The van der Waals surface area contributed by atoms with Gasteiger partial charge in [0.15, 0.2) is 5.95 Å². The van der Waals surface area contributed by atoms with Crippen LogP contribution in [0.25, 0.3) is 0 Å².